The standard InChI is InChI=1S/C16H24N4/c1-2-3-4-5-6-7-11-20-13-18-12-15(20)14-9-8-10-19-16(14)17/h8-10,12-13H,2-7,11H2,1H3,(H2,17,19). The van der Waals surface area contributed by atoms with Crippen molar-refractivity contribution in [2.24, 2.45) is 0 Å². The average molecular weight is 272 g/mol. The minimum atomic E-state index is 0.567. The fourth-order valence-corrected chi connectivity index (χ4v) is 2.42. The predicted octanol–water partition coefficient (Wildman–Crippen LogP) is 3.89. The van der Waals surface area contributed by atoms with Gasteiger partial charge >= 0.3 is 0 Å². The number of nitrogens with two attached hydrogens (primary N) is 1. The van der Waals surface area contributed by atoms with Gasteiger partial charge in [0.2, 0.25) is 0 Å². The maximum absolute atomic E-state index is 5.94. The monoisotopic (exact) mass is 272 g/mol. The van der Waals surface area contributed by atoms with Gasteiger partial charge in [-0.2, -0.15) is 0 Å². The Balaban J connectivity index is 1.91. The molecule has 0 fully saturated rings. The largest absolute Gasteiger partial charge is 0.383 e. The Morgan fingerprint density at radius 2 is 1.95 bits per heavy atom. The van der Waals surface area contributed by atoms with Crippen molar-refractivity contribution in [1.29, 1.82) is 0 Å². The van der Waals surface area contributed by atoms with E-state index in [2.05, 4.69) is 21.5 Å². The Bertz CT molecular complexity index is 519. The lowest BCUT2D eigenvalue weighted by molar-refractivity contribution is 0.560. The van der Waals surface area contributed by atoms with Crippen LogP contribution < -0.4 is 5.73 Å². The van der Waals surface area contributed by atoms with Gasteiger partial charge in [-0.15, -0.1) is 0 Å². The molecule has 0 amide bonds. The fourth-order valence-electron chi connectivity index (χ4n) is 2.42. The van der Waals surface area contributed by atoms with Crippen molar-refractivity contribution in [3.63, 3.8) is 0 Å². The number of nitrogens with zero attached hydrogens (tertiary/aromatic N) is 3. The first-order valence-electron chi connectivity index (χ1n) is 7.54. The first kappa shape index (κ1) is 14.6. The molecule has 0 atom stereocenters. The molecule has 4 heteroatoms. The minimum Gasteiger partial charge on any atom is -0.383 e. The first-order valence-corrected chi connectivity index (χ1v) is 7.54. The van der Waals surface area contributed by atoms with Gasteiger partial charge in [0, 0.05) is 18.3 Å². The van der Waals surface area contributed by atoms with E-state index in [1.54, 1.807) is 6.20 Å². The van der Waals surface area contributed by atoms with Crippen LogP contribution in [0.5, 0.6) is 0 Å². The van der Waals surface area contributed by atoms with Crippen molar-refractivity contribution in [3.8, 4) is 11.3 Å². The zero-order valence-electron chi connectivity index (χ0n) is 12.3. The molecule has 0 aliphatic rings. The molecule has 2 aromatic rings. The van der Waals surface area contributed by atoms with Crippen LogP contribution in [-0.2, 0) is 6.54 Å². The number of aryl methyl sites for hydroxylation is 1. The number of hydrogen-bond acceptors (Lipinski definition) is 3. The van der Waals surface area contributed by atoms with Gasteiger partial charge in [-0.25, -0.2) is 9.97 Å². The van der Waals surface area contributed by atoms with E-state index in [1.165, 1.54) is 38.5 Å². The van der Waals surface area contributed by atoms with E-state index in [9.17, 15) is 0 Å². The van der Waals surface area contributed by atoms with Gasteiger partial charge in [0.05, 0.1) is 18.2 Å². The highest BCUT2D eigenvalue weighted by Gasteiger charge is 2.08. The number of aromatic nitrogens is 3. The van der Waals surface area contributed by atoms with Gasteiger partial charge in [0.1, 0.15) is 5.82 Å². The zero-order valence-corrected chi connectivity index (χ0v) is 12.3. The molecule has 2 rings (SSSR count). The summed E-state index contributed by atoms with van der Waals surface area (Å²) >= 11 is 0. The number of nitrogen functional groups attached to an aromatic ring is 1. The van der Waals surface area contributed by atoms with Crippen LogP contribution in [0, 0.1) is 0 Å². The van der Waals surface area contributed by atoms with Crippen LogP contribution in [0.25, 0.3) is 11.3 Å². The summed E-state index contributed by atoms with van der Waals surface area (Å²) in [6, 6.07) is 3.91. The quantitative estimate of drug-likeness (QED) is 0.742. The normalized spacial score (nSPS) is 10.8. The van der Waals surface area contributed by atoms with E-state index < -0.39 is 0 Å². The Hall–Kier alpha value is -1.84. The highest BCUT2D eigenvalue weighted by Crippen LogP contribution is 2.23. The van der Waals surface area contributed by atoms with Crippen LogP contribution >= 0.6 is 0 Å². The topological polar surface area (TPSA) is 56.7 Å². The molecule has 20 heavy (non-hydrogen) atoms. The van der Waals surface area contributed by atoms with Crippen molar-refractivity contribution >= 4 is 5.82 Å². The highest BCUT2D eigenvalue weighted by atomic mass is 15.0. The molecule has 2 aromatic heterocycles. The molecular weight excluding hydrogens is 248 g/mol. The fraction of sp³-hybridized carbons (Fsp3) is 0.500. The number of pyridine rings is 1. The second-order valence-corrected chi connectivity index (χ2v) is 5.18. The second kappa shape index (κ2) is 7.68. The maximum atomic E-state index is 5.94. The molecule has 0 saturated heterocycles. The Morgan fingerprint density at radius 1 is 1.15 bits per heavy atom. The van der Waals surface area contributed by atoms with Gasteiger partial charge in [-0.3, -0.25) is 0 Å². The number of imidazole rings is 1. The van der Waals surface area contributed by atoms with Gasteiger partial charge in [-0.05, 0) is 18.6 Å². The minimum absolute atomic E-state index is 0.567. The van der Waals surface area contributed by atoms with Gasteiger partial charge in [0.15, 0.2) is 0 Å². The lowest BCUT2D eigenvalue weighted by Crippen LogP contribution is -2.01. The van der Waals surface area contributed by atoms with Crippen LogP contribution in [0.2, 0.25) is 0 Å². The number of rotatable bonds is 8. The van der Waals surface area contributed by atoms with Gasteiger partial charge < -0.3 is 10.3 Å². The molecule has 0 aliphatic heterocycles. The summed E-state index contributed by atoms with van der Waals surface area (Å²) in [5.41, 5.74) is 7.97. The van der Waals surface area contributed by atoms with Crippen LogP contribution in [0.4, 0.5) is 5.82 Å². The summed E-state index contributed by atoms with van der Waals surface area (Å²) in [6.45, 7) is 3.24. The molecule has 4 nitrogen and oxygen atoms in total. The third-order valence-corrected chi connectivity index (χ3v) is 3.58. The van der Waals surface area contributed by atoms with Crippen molar-refractivity contribution in [1.82, 2.24) is 14.5 Å². The number of hydrogen-bond donors (Lipinski definition) is 1. The van der Waals surface area contributed by atoms with Crippen LogP contribution in [-0.4, -0.2) is 14.5 Å². The highest BCUT2D eigenvalue weighted by molar-refractivity contribution is 5.70. The Kier molecular flexibility index (Phi) is 5.59. The van der Waals surface area contributed by atoms with Crippen LogP contribution in [0.1, 0.15) is 45.4 Å². The summed E-state index contributed by atoms with van der Waals surface area (Å²) in [5.74, 6) is 0.567. The lowest BCUT2D eigenvalue weighted by Gasteiger charge is -2.09. The van der Waals surface area contributed by atoms with E-state index in [4.69, 9.17) is 5.73 Å². The van der Waals surface area contributed by atoms with E-state index >= 15 is 0 Å². The van der Waals surface area contributed by atoms with E-state index in [-0.39, 0.29) is 0 Å². The summed E-state index contributed by atoms with van der Waals surface area (Å²) in [5, 5.41) is 0. The van der Waals surface area contributed by atoms with E-state index in [0.29, 0.717) is 5.82 Å². The number of anilines is 1. The molecule has 108 valence electrons. The Labute approximate surface area is 121 Å². The molecule has 2 heterocycles. The molecule has 0 radical (unpaired) electrons. The number of unbranched alkanes of at least 4 members (excludes halogenated alkanes) is 5. The van der Waals surface area contributed by atoms with Crippen molar-refractivity contribution < 1.29 is 0 Å². The summed E-state index contributed by atoms with van der Waals surface area (Å²) in [7, 11) is 0. The van der Waals surface area contributed by atoms with Gasteiger partial charge in [-0.1, -0.05) is 39.0 Å². The molecule has 0 aromatic carbocycles. The summed E-state index contributed by atoms with van der Waals surface area (Å²) < 4.78 is 2.17. The summed E-state index contributed by atoms with van der Waals surface area (Å²) in [6.07, 6.45) is 13.3. The third kappa shape index (κ3) is 3.83. The van der Waals surface area contributed by atoms with Crippen molar-refractivity contribution in [3.05, 3.63) is 30.9 Å². The summed E-state index contributed by atoms with van der Waals surface area (Å²) in [4.78, 5) is 8.39. The Morgan fingerprint density at radius 3 is 2.75 bits per heavy atom. The SMILES string of the molecule is CCCCCCCCn1cncc1-c1cccnc1N. The molecule has 2 N–H and O–H groups in total. The van der Waals surface area contributed by atoms with E-state index in [1.807, 2.05) is 24.7 Å². The van der Waals surface area contributed by atoms with Crippen molar-refractivity contribution in [2.45, 2.75) is 52.0 Å². The van der Waals surface area contributed by atoms with Crippen LogP contribution in [0.15, 0.2) is 30.9 Å². The lowest BCUT2D eigenvalue weighted by atomic mass is 10.1. The second-order valence-electron chi connectivity index (χ2n) is 5.18. The molecular formula is C16H24N4. The van der Waals surface area contributed by atoms with Gasteiger partial charge in [0.25, 0.3) is 0 Å². The van der Waals surface area contributed by atoms with Crippen LogP contribution in [0.3, 0.4) is 0 Å². The predicted molar refractivity (Wildman–Crippen MR) is 83.2 cm³/mol. The molecule has 0 saturated carbocycles. The zero-order chi connectivity index (χ0) is 14.2. The smallest absolute Gasteiger partial charge is 0.132 e. The van der Waals surface area contributed by atoms with E-state index in [0.717, 1.165) is 17.8 Å². The first-order chi connectivity index (χ1) is 9.83. The third-order valence-electron chi connectivity index (χ3n) is 3.58. The molecule has 0 bridgehead atoms. The maximum Gasteiger partial charge on any atom is 0.132 e. The molecule has 0 spiro atoms. The molecule has 0 unspecified atom stereocenters. The average Bonchev–Trinajstić information content (AvgIpc) is 2.91. The van der Waals surface area contributed by atoms with Crippen molar-refractivity contribution in [2.75, 3.05) is 5.73 Å². The molecule has 0 aliphatic carbocycles.